The van der Waals surface area contributed by atoms with Crippen LogP contribution in [0, 0.1) is 0 Å². The van der Waals surface area contributed by atoms with E-state index in [1.807, 2.05) is 84.9 Å². The van der Waals surface area contributed by atoms with Gasteiger partial charge in [-0.25, -0.2) is 4.98 Å². The Bertz CT molecular complexity index is 1430. The molecule has 5 rings (SSSR count). The van der Waals surface area contributed by atoms with Crippen LogP contribution in [0.5, 0.6) is 0 Å². The van der Waals surface area contributed by atoms with Crippen LogP contribution in [0.15, 0.2) is 105 Å². The van der Waals surface area contributed by atoms with Gasteiger partial charge in [-0.1, -0.05) is 66.7 Å². The fourth-order valence-corrected chi connectivity index (χ4v) is 3.31. The van der Waals surface area contributed by atoms with E-state index in [4.69, 9.17) is 4.42 Å². The van der Waals surface area contributed by atoms with Gasteiger partial charge in [0.1, 0.15) is 5.58 Å². The fourth-order valence-electron chi connectivity index (χ4n) is 3.31. The standard InChI is InChI=1S/C25H17N3O2/c29-25-20-13-5-6-14-21(20)27-24(23-17-19-12-4-7-15-22(19)30-23)28(25)26-16-8-11-18-9-2-1-3-10-18/h1-17H/b11-8+,26-16?. The minimum absolute atomic E-state index is 0.250. The average Bonchev–Trinajstić information content (AvgIpc) is 3.23. The lowest BCUT2D eigenvalue weighted by Gasteiger charge is -2.06. The van der Waals surface area contributed by atoms with Crippen LogP contribution >= 0.6 is 0 Å². The molecule has 0 saturated carbocycles. The highest BCUT2D eigenvalue weighted by Crippen LogP contribution is 2.26. The third-order valence-electron chi connectivity index (χ3n) is 4.76. The zero-order valence-electron chi connectivity index (χ0n) is 16.0. The highest BCUT2D eigenvalue weighted by atomic mass is 16.3. The molecule has 3 aromatic carbocycles. The maximum Gasteiger partial charge on any atom is 0.282 e. The Morgan fingerprint density at radius 2 is 1.67 bits per heavy atom. The van der Waals surface area contributed by atoms with Crippen LogP contribution in [0.3, 0.4) is 0 Å². The summed E-state index contributed by atoms with van der Waals surface area (Å²) in [6.45, 7) is 0. The van der Waals surface area contributed by atoms with Crippen molar-refractivity contribution in [2.75, 3.05) is 0 Å². The van der Waals surface area contributed by atoms with E-state index in [1.165, 1.54) is 4.68 Å². The molecule has 0 aliphatic carbocycles. The molecule has 0 atom stereocenters. The molecule has 0 saturated heterocycles. The number of rotatable bonds is 4. The number of para-hydroxylation sites is 2. The van der Waals surface area contributed by atoms with Crippen molar-refractivity contribution in [1.82, 2.24) is 9.66 Å². The van der Waals surface area contributed by atoms with Gasteiger partial charge in [-0.15, -0.1) is 0 Å². The molecule has 144 valence electrons. The molecule has 5 nitrogen and oxygen atoms in total. The lowest BCUT2D eigenvalue weighted by molar-refractivity contribution is 0.616. The second-order valence-electron chi connectivity index (χ2n) is 6.75. The third kappa shape index (κ3) is 3.33. The Labute approximate surface area is 172 Å². The van der Waals surface area contributed by atoms with Gasteiger partial charge in [-0.3, -0.25) is 4.79 Å². The quantitative estimate of drug-likeness (QED) is 0.388. The van der Waals surface area contributed by atoms with E-state index >= 15 is 0 Å². The highest BCUT2D eigenvalue weighted by molar-refractivity contribution is 5.84. The molecular formula is C25H17N3O2. The minimum atomic E-state index is -0.250. The van der Waals surface area contributed by atoms with Gasteiger partial charge in [0.25, 0.3) is 5.56 Å². The molecule has 2 heterocycles. The lowest BCUT2D eigenvalue weighted by Crippen LogP contribution is -2.20. The highest BCUT2D eigenvalue weighted by Gasteiger charge is 2.16. The number of aromatic nitrogens is 2. The summed E-state index contributed by atoms with van der Waals surface area (Å²) >= 11 is 0. The zero-order chi connectivity index (χ0) is 20.3. The summed E-state index contributed by atoms with van der Waals surface area (Å²) in [5.74, 6) is 0.850. The monoisotopic (exact) mass is 391 g/mol. The molecule has 0 N–H and O–H groups in total. The summed E-state index contributed by atoms with van der Waals surface area (Å²) < 4.78 is 7.25. The van der Waals surface area contributed by atoms with E-state index in [1.54, 1.807) is 18.4 Å². The molecule has 0 amide bonds. The first kappa shape index (κ1) is 17.8. The number of allylic oxidation sites excluding steroid dienone is 1. The number of hydrogen-bond donors (Lipinski definition) is 0. The SMILES string of the molecule is O=c1c2ccccc2nc(-c2cc3ccccc3o2)n1N=C/C=C/c1ccccc1. The second-order valence-corrected chi connectivity index (χ2v) is 6.75. The number of hydrogen-bond acceptors (Lipinski definition) is 4. The summed E-state index contributed by atoms with van der Waals surface area (Å²) in [7, 11) is 0. The van der Waals surface area contributed by atoms with Crippen molar-refractivity contribution in [1.29, 1.82) is 0 Å². The van der Waals surface area contributed by atoms with Gasteiger partial charge in [0, 0.05) is 11.6 Å². The Kier molecular flexibility index (Phi) is 4.54. The first-order valence-corrected chi connectivity index (χ1v) is 9.56. The van der Waals surface area contributed by atoms with Crippen LogP contribution in [0.25, 0.3) is 39.5 Å². The van der Waals surface area contributed by atoms with Crippen LogP contribution in [0.2, 0.25) is 0 Å². The van der Waals surface area contributed by atoms with Gasteiger partial charge in [-0.05, 0) is 35.9 Å². The lowest BCUT2D eigenvalue weighted by atomic mass is 10.2. The summed E-state index contributed by atoms with van der Waals surface area (Å²) in [5, 5.41) is 5.83. The maximum absolute atomic E-state index is 13.1. The van der Waals surface area contributed by atoms with Crippen LogP contribution in [0.1, 0.15) is 5.56 Å². The molecule has 2 aromatic heterocycles. The molecule has 5 heteroatoms. The summed E-state index contributed by atoms with van der Waals surface area (Å²) in [6.07, 6.45) is 5.29. The van der Waals surface area contributed by atoms with E-state index in [9.17, 15) is 4.79 Å². The van der Waals surface area contributed by atoms with Gasteiger partial charge in [-0.2, -0.15) is 9.78 Å². The predicted molar refractivity (Wildman–Crippen MR) is 121 cm³/mol. The Hall–Kier alpha value is -4.25. The van der Waals surface area contributed by atoms with Gasteiger partial charge in [0.15, 0.2) is 5.76 Å². The van der Waals surface area contributed by atoms with Crippen molar-refractivity contribution in [3.8, 4) is 11.6 Å². The average molecular weight is 391 g/mol. The van der Waals surface area contributed by atoms with Crippen molar-refractivity contribution >= 4 is 34.2 Å². The van der Waals surface area contributed by atoms with Crippen LogP contribution in [0.4, 0.5) is 0 Å². The first-order valence-electron chi connectivity index (χ1n) is 9.56. The number of nitrogens with zero attached hydrogens (tertiary/aromatic N) is 3. The molecule has 0 fully saturated rings. The van der Waals surface area contributed by atoms with Crippen molar-refractivity contribution in [2.45, 2.75) is 0 Å². The smallest absolute Gasteiger partial charge is 0.282 e. The first-order chi connectivity index (χ1) is 14.8. The molecule has 0 bridgehead atoms. The van der Waals surface area contributed by atoms with Crippen LogP contribution in [-0.2, 0) is 0 Å². The predicted octanol–water partition coefficient (Wildman–Crippen LogP) is 5.36. The summed E-state index contributed by atoms with van der Waals surface area (Å²) in [6, 6.07) is 26.7. The molecular weight excluding hydrogens is 374 g/mol. The van der Waals surface area contributed by atoms with Gasteiger partial charge in [0.2, 0.25) is 5.82 Å². The van der Waals surface area contributed by atoms with Crippen LogP contribution < -0.4 is 5.56 Å². The van der Waals surface area contributed by atoms with E-state index < -0.39 is 0 Å². The molecule has 5 aromatic rings. The molecule has 0 spiro atoms. The molecule has 0 radical (unpaired) electrons. The van der Waals surface area contributed by atoms with Crippen molar-refractivity contribution in [2.24, 2.45) is 5.10 Å². The van der Waals surface area contributed by atoms with Crippen molar-refractivity contribution in [3.05, 3.63) is 107 Å². The van der Waals surface area contributed by atoms with E-state index in [0.29, 0.717) is 22.5 Å². The van der Waals surface area contributed by atoms with Gasteiger partial charge >= 0.3 is 0 Å². The second kappa shape index (κ2) is 7.64. The third-order valence-corrected chi connectivity index (χ3v) is 4.76. The zero-order valence-corrected chi connectivity index (χ0v) is 16.0. The Balaban J connectivity index is 1.64. The number of fused-ring (bicyclic) bond motifs is 2. The van der Waals surface area contributed by atoms with Crippen LogP contribution in [-0.4, -0.2) is 15.9 Å². The van der Waals surface area contributed by atoms with E-state index in [0.717, 1.165) is 16.5 Å². The molecule has 30 heavy (non-hydrogen) atoms. The normalized spacial score (nSPS) is 11.9. The molecule has 0 aliphatic heterocycles. The van der Waals surface area contributed by atoms with Gasteiger partial charge in [0.05, 0.1) is 10.9 Å². The fraction of sp³-hybridized carbons (Fsp3) is 0. The van der Waals surface area contributed by atoms with Gasteiger partial charge < -0.3 is 4.42 Å². The van der Waals surface area contributed by atoms with Crippen molar-refractivity contribution in [3.63, 3.8) is 0 Å². The Morgan fingerprint density at radius 1 is 0.900 bits per heavy atom. The number of furan rings is 1. The Morgan fingerprint density at radius 3 is 2.53 bits per heavy atom. The van der Waals surface area contributed by atoms with E-state index in [-0.39, 0.29) is 5.56 Å². The summed E-state index contributed by atoms with van der Waals surface area (Å²) in [4.78, 5) is 17.8. The molecule has 0 unspecified atom stereocenters. The minimum Gasteiger partial charge on any atom is -0.453 e. The topological polar surface area (TPSA) is 60.4 Å². The van der Waals surface area contributed by atoms with E-state index in [2.05, 4.69) is 10.1 Å². The number of benzene rings is 3. The summed E-state index contributed by atoms with van der Waals surface area (Å²) in [5.41, 5.74) is 2.13. The largest absolute Gasteiger partial charge is 0.453 e. The van der Waals surface area contributed by atoms with Crippen molar-refractivity contribution < 1.29 is 4.42 Å². The maximum atomic E-state index is 13.1. The molecule has 0 aliphatic rings.